The number of halogens is 1. The number of rotatable bonds is 2. The standard InChI is InChI=1S/C18H22ClN3O3/c1-17(2,3)18(9-4-5-10-22(18)16(23)24)25-13-8-6-7-12-11-20-15(19)21-14(12)13/h6-8,11H,4-5,9-10H2,1-3H3,(H,23,24). The van der Waals surface area contributed by atoms with Gasteiger partial charge in [-0.2, -0.15) is 0 Å². The first-order valence-electron chi connectivity index (χ1n) is 8.35. The maximum Gasteiger partial charge on any atom is 0.410 e. The van der Waals surface area contributed by atoms with E-state index in [1.807, 2.05) is 32.9 Å². The fourth-order valence-corrected chi connectivity index (χ4v) is 3.64. The summed E-state index contributed by atoms with van der Waals surface area (Å²) in [6.45, 7) is 6.46. The zero-order chi connectivity index (χ0) is 18.2. The molecular formula is C18H22ClN3O3. The van der Waals surface area contributed by atoms with Gasteiger partial charge in [-0.25, -0.2) is 14.8 Å². The molecule has 1 atom stereocenters. The SMILES string of the molecule is CC(C)(C)C1(Oc2cccc3cnc(Cl)nc23)CCCCN1C(=O)O. The van der Waals surface area contributed by atoms with Gasteiger partial charge in [-0.05, 0) is 30.5 Å². The summed E-state index contributed by atoms with van der Waals surface area (Å²) in [7, 11) is 0. The van der Waals surface area contributed by atoms with Gasteiger partial charge in [0, 0.05) is 30.0 Å². The average Bonchev–Trinajstić information content (AvgIpc) is 2.54. The first kappa shape index (κ1) is 17.7. The molecule has 2 aromatic rings. The maximum absolute atomic E-state index is 11.9. The number of fused-ring (bicyclic) bond motifs is 1. The van der Waals surface area contributed by atoms with E-state index in [0.717, 1.165) is 18.2 Å². The van der Waals surface area contributed by atoms with Crippen molar-refractivity contribution < 1.29 is 14.6 Å². The second kappa shape index (κ2) is 6.33. The molecule has 0 radical (unpaired) electrons. The Labute approximate surface area is 151 Å². The molecule has 1 aromatic heterocycles. The van der Waals surface area contributed by atoms with Gasteiger partial charge in [0.15, 0.2) is 5.72 Å². The highest BCUT2D eigenvalue weighted by molar-refractivity contribution is 6.28. The second-order valence-electron chi connectivity index (χ2n) is 7.36. The molecule has 25 heavy (non-hydrogen) atoms. The van der Waals surface area contributed by atoms with Crippen molar-refractivity contribution in [2.24, 2.45) is 5.41 Å². The zero-order valence-electron chi connectivity index (χ0n) is 14.6. The number of nitrogens with zero attached hydrogens (tertiary/aromatic N) is 3. The molecule has 6 nitrogen and oxygen atoms in total. The third-order valence-electron chi connectivity index (χ3n) is 4.81. The minimum Gasteiger partial charge on any atom is -0.465 e. The predicted octanol–water partition coefficient (Wildman–Crippen LogP) is 4.57. The number of piperidine rings is 1. The minimum absolute atomic E-state index is 0.132. The molecular weight excluding hydrogens is 342 g/mol. The summed E-state index contributed by atoms with van der Waals surface area (Å²) in [6, 6.07) is 5.52. The third kappa shape index (κ3) is 3.11. The van der Waals surface area contributed by atoms with Gasteiger partial charge in [0.1, 0.15) is 11.3 Å². The fourth-order valence-electron chi connectivity index (χ4n) is 3.51. The van der Waals surface area contributed by atoms with Crippen molar-refractivity contribution in [1.29, 1.82) is 0 Å². The van der Waals surface area contributed by atoms with E-state index in [-0.39, 0.29) is 5.28 Å². The number of aromatic nitrogens is 2. The minimum atomic E-state index is -0.970. The van der Waals surface area contributed by atoms with Gasteiger partial charge in [0.05, 0.1) is 0 Å². The van der Waals surface area contributed by atoms with Crippen LogP contribution in [0.15, 0.2) is 24.4 Å². The summed E-state index contributed by atoms with van der Waals surface area (Å²) in [6.07, 6.45) is 3.02. The molecule has 0 spiro atoms. The molecule has 1 amide bonds. The number of para-hydroxylation sites is 1. The molecule has 1 aliphatic heterocycles. The lowest BCUT2D eigenvalue weighted by atomic mass is 9.76. The number of amides is 1. The summed E-state index contributed by atoms with van der Waals surface area (Å²) in [5, 5.41) is 10.7. The maximum atomic E-state index is 11.9. The zero-order valence-corrected chi connectivity index (χ0v) is 15.4. The van der Waals surface area contributed by atoms with Crippen LogP contribution >= 0.6 is 11.6 Å². The van der Waals surface area contributed by atoms with E-state index in [1.54, 1.807) is 12.3 Å². The Hall–Kier alpha value is -2.08. The molecule has 1 saturated heterocycles. The van der Waals surface area contributed by atoms with Crippen molar-refractivity contribution in [3.63, 3.8) is 0 Å². The van der Waals surface area contributed by atoms with E-state index < -0.39 is 17.2 Å². The molecule has 1 aliphatic rings. The summed E-state index contributed by atoms with van der Waals surface area (Å²) in [5.41, 5.74) is -0.810. The number of ether oxygens (including phenoxy) is 1. The van der Waals surface area contributed by atoms with Crippen LogP contribution in [0.2, 0.25) is 5.28 Å². The normalized spacial score (nSPS) is 21.4. The Morgan fingerprint density at radius 3 is 2.80 bits per heavy atom. The highest BCUT2D eigenvalue weighted by Crippen LogP contribution is 2.45. The van der Waals surface area contributed by atoms with Crippen molar-refractivity contribution in [3.8, 4) is 5.75 Å². The highest BCUT2D eigenvalue weighted by atomic mass is 35.5. The van der Waals surface area contributed by atoms with Crippen LogP contribution < -0.4 is 4.74 Å². The van der Waals surface area contributed by atoms with Gasteiger partial charge in [0.25, 0.3) is 0 Å². The number of benzene rings is 1. The van der Waals surface area contributed by atoms with Crippen LogP contribution in [-0.4, -0.2) is 38.3 Å². The summed E-state index contributed by atoms with van der Waals surface area (Å²) in [4.78, 5) is 21.6. The molecule has 1 N–H and O–H groups in total. The van der Waals surface area contributed by atoms with Crippen molar-refractivity contribution >= 4 is 28.6 Å². The molecule has 2 heterocycles. The van der Waals surface area contributed by atoms with Crippen LogP contribution in [-0.2, 0) is 0 Å². The predicted molar refractivity (Wildman–Crippen MR) is 95.9 cm³/mol. The van der Waals surface area contributed by atoms with E-state index in [1.165, 1.54) is 4.90 Å². The van der Waals surface area contributed by atoms with Gasteiger partial charge in [-0.1, -0.05) is 32.9 Å². The lowest BCUT2D eigenvalue weighted by Gasteiger charge is -2.52. The van der Waals surface area contributed by atoms with Crippen molar-refractivity contribution in [2.45, 2.75) is 45.8 Å². The Balaban J connectivity index is 2.14. The first-order chi connectivity index (χ1) is 11.7. The number of carboxylic acid groups (broad SMARTS) is 1. The third-order valence-corrected chi connectivity index (χ3v) is 4.99. The smallest absolute Gasteiger partial charge is 0.410 e. The molecule has 0 saturated carbocycles. The fraction of sp³-hybridized carbons (Fsp3) is 0.500. The molecule has 0 bridgehead atoms. The largest absolute Gasteiger partial charge is 0.465 e. The van der Waals surface area contributed by atoms with E-state index in [4.69, 9.17) is 16.3 Å². The van der Waals surface area contributed by atoms with Crippen molar-refractivity contribution in [3.05, 3.63) is 29.7 Å². The van der Waals surface area contributed by atoms with Gasteiger partial charge < -0.3 is 9.84 Å². The molecule has 3 rings (SSSR count). The average molecular weight is 364 g/mol. The van der Waals surface area contributed by atoms with Crippen molar-refractivity contribution in [2.75, 3.05) is 6.54 Å². The van der Waals surface area contributed by atoms with Gasteiger partial charge in [0.2, 0.25) is 5.28 Å². The summed E-state index contributed by atoms with van der Waals surface area (Å²) in [5.74, 6) is 0.518. The topological polar surface area (TPSA) is 75.6 Å². The van der Waals surface area contributed by atoms with Gasteiger partial charge in [-0.15, -0.1) is 0 Å². The lowest BCUT2D eigenvalue weighted by Crippen LogP contribution is -2.64. The van der Waals surface area contributed by atoms with Crippen LogP contribution in [0.4, 0.5) is 4.79 Å². The summed E-state index contributed by atoms with van der Waals surface area (Å²) >= 11 is 5.95. The molecule has 134 valence electrons. The Morgan fingerprint density at radius 1 is 1.36 bits per heavy atom. The molecule has 1 fully saturated rings. The summed E-state index contributed by atoms with van der Waals surface area (Å²) < 4.78 is 6.45. The van der Waals surface area contributed by atoms with Gasteiger partial charge >= 0.3 is 6.09 Å². The van der Waals surface area contributed by atoms with E-state index in [9.17, 15) is 9.90 Å². The van der Waals surface area contributed by atoms with Crippen molar-refractivity contribution in [1.82, 2.24) is 14.9 Å². The van der Waals surface area contributed by atoms with Crippen LogP contribution in [0, 0.1) is 5.41 Å². The van der Waals surface area contributed by atoms with E-state index in [0.29, 0.717) is 24.2 Å². The molecule has 1 aromatic carbocycles. The molecule has 0 aliphatic carbocycles. The second-order valence-corrected chi connectivity index (χ2v) is 7.70. The first-order valence-corrected chi connectivity index (χ1v) is 8.73. The van der Waals surface area contributed by atoms with Crippen LogP contribution in [0.5, 0.6) is 5.75 Å². The quantitative estimate of drug-likeness (QED) is 0.791. The Bertz CT molecular complexity index is 806. The van der Waals surface area contributed by atoms with Crippen LogP contribution in [0.3, 0.4) is 0 Å². The molecule has 1 unspecified atom stereocenters. The van der Waals surface area contributed by atoms with Crippen LogP contribution in [0.1, 0.15) is 40.0 Å². The van der Waals surface area contributed by atoms with Crippen LogP contribution in [0.25, 0.3) is 10.9 Å². The van der Waals surface area contributed by atoms with E-state index in [2.05, 4.69) is 9.97 Å². The highest BCUT2D eigenvalue weighted by Gasteiger charge is 2.53. The number of likely N-dealkylation sites (tertiary alicyclic amines) is 1. The Morgan fingerprint density at radius 2 is 2.12 bits per heavy atom. The molecule has 7 heteroatoms. The number of carbonyl (C=O) groups is 1. The Kier molecular flexibility index (Phi) is 4.49. The number of hydrogen-bond acceptors (Lipinski definition) is 4. The van der Waals surface area contributed by atoms with E-state index >= 15 is 0 Å². The number of hydrogen-bond donors (Lipinski definition) is 1. The van der Waals surface area contributed by atoms with Gasteiger partial charge in [-0.3, -0.25) is 4.90 Å². The lowest BCUT2D eigenvalue weighted by molar-refractivity contribution is -0.160. The monoisotopic (exact) mass is 363 g/mol.